The van der Waals surface area contributed by atoms with Crippen LogP contribution in [0.1, 0.15) is 30.1 Å². The molecule has 1 aromatic heterocycles. The minimum Gasteiger partial charge on any atom is -0.481 e. The summed E-state index contributed by atoms with van der Waals surface area (Å²) in [6.07, 6.45) is 4.64. The summed E-state index contributed by atoms with van der Waals surface area (Å²) < 4.78 is 1.71. The van der Waals surface area contributed by atoms with Crippen molar-refractivity contribution in [1.82, 2.24) is 9.78 Å². The molecular formula is C11H14N2O3. The summed E-state index contributed by atoms with van der Waals surface area (Å²) in [5, 5.41) is 12.8. The lowest BCUT2D eigenvalue weighted by atomic mass is 10.1. The third-order valence-electron chi connectivity index (χ3n) is 2.81. The maximum absolute atomic E-state index is 11.8. The molecule has 5 nitrogen and oxygen atoms in total. The van der Waals surface area contributed by atoms with Gasteiger partial charge in [0.15, 0.2) is 5.78 Å². The first-order valence-electron chi connectivity index (χ1n) is 5.43. The van der Waals surface area contributed by atoms with E-state index >= 15 is 0 Å². The number of aromatic nitrogens is 2. The van der Waals surface area contributed by atoms with Gasteiger partial charge in [0.25, 0.3) is 0 Å². The Balaban J connectivity index is 2.02. The van der Waals surface area contributed by atoms with Crippen LogP contribution in [0.4, 0.5) is 0 Å². The molecule has 0 bridgehead atoms. The number of carbonyl (C=O) groups is 2. The van der Waals surface area contributed by atoms with Crippen LogP contribution in [0.25, 0.3) is 0 Å². The number of hydrogen-bond donors (Lipinski definition) is 1. The molecule has 0 aliphatic heterocycles. The predicted octanol–water partition coefficient (Wildman–Crippen LogP) is 1.20. The molecule has 0 amide bonds. The van der Waals surface area contributed by atoms with Gasteiger partial charge in [0.1, 0.15) is 0 Å². The van der Waals surface area contributed by atoms with Crippen molar-refractivity contribution in [3.05, 3.63) is 18.0 Å². The maximum atomic E-state index is 11.8. The highest BCUT2D eigenvalue weighted by Crippen LogP contribution is 2.40. The average Bonchev–Trinajstić information content (AvgIpc) is 2.92. The number of carboxylic acids is 1. The van der Waals surface area contributed by atoms with E-state index in [1.54, 1.807) is 10.9 Å². The molecular weight excluding hydrogens is 208 g/mol. The zero-order chi connectivity index (χ0) is 11.7. The van der Waals surface area contributed by atoms with Crippen molar-refractivity contribution in [2.45, 2.75) is 26.3 Å². The fraction of sp³-hybridized carbons (Fsp3) is 0.545. The molecule has 86 valence electrons. The second-order valence-corrected chi connectivity index (χ2v) is 4.14. The lowest BCUT2D eigenvalue weighted by Crippen LogP contribution is -2.07. The Hall–Kier alpha value is -1.65. The zero-order valence-electron chi connectivity index (χ0n) is 9.09. The Morgan fingerprint density at radius 2 is 2.31 bits per heavy atom. The second kappa shape index (κ2) is 4.08. The number of carboxylic acid groups (broad SMARTS) is 1. The largest absolute Gasteiger partial charge is 0.481 e. The van der Waals surface area contributed by atoms with E-state index in [1.807, 2.05) is 6.92 Å². The van der Waals surface area contributed by atoms with Gasteiger partial charge < -0.3 is 5.11 Å². The Morgan fingerprint density at radius 1 is 1.56 bits per heavy atom. The van der Waals surface area contributed by atoms with Gasteiger partial charge in [-0.05, 0) is 12.8 Å². The van der Waals surface area contributed by atoms with Crippen molar-refractivity contribution in [1.29, 1.82) is 0 Å². The van der Waals surface area contributed by atoms with Crippen LogP contribution >= 0.6 is 0 Å². The molecule has 16 heavy (non-hydrogen) atoms. The van der Waals surface area contributed by atoms with Crippen molar-refractivity contribution in [2.24, 2.45) is 11.8 Å². The molecule has 2 atom stereocenters. The Bertz CT molecular complexity index is 425. The van der Waals surface area contributed by atoms with Crippen LogP contribution in [-0.4, -0.2) is 26.6 Å². The minimum absolute atomic E-state index is 0.0882. The van der Waals surface area contributed by atoms with E-state index in [9.17, 15) is 9.59 Å². The molecule has 1 heterocycles. The molecule has 0 aromatic carbocycles. The maximum Gasteiger partial charge on any atom is 0.307 e. The molecule has 0 saturated heterocycles. The number of Topliss-reactive ketones (excluding diaryl/α,β-unsaturated/α-hetero) is 1. The second-order valence-electron chi connectivity index (χ2n) is 4.14. The average molecular weight is 222 g/mol. The summed E-state index contributed by atoms with van der Waals surface area (Å²) in [6.45, 7) is 2.81. The standard InChI is InChI=1S/C11H14N2O3/c1-2-3-13-6-7(5-12-13)10(14)8-4-9(8)11(15)16/h5-6,8-9H,2-4H2,1H3,(H,15,16)/t8-,9+/m1/s1. The Morgan fingerprint density at radius 3 is 2.88 bits per heavy atom. The quantitative estimate of drug-likeness (QED) is 0.760. The molecule has 0 spiro atoms. The first-order valence-corrected chi connectivity index (χ1v) is 5.43. The van der Waals surface area contributed by atoms with Crippen LogP contribution < -0.4 is 0 Å². The lowest BCUT2D eigenvalue weighted by Gasteiger charge is -1.95. The van der Waals surface area contributed by atoms with E-state index in [0.717, 1.165) is 13.0 Å². The molecule has 1 saturated carbocycles. The molecule has 1 aliphatic rings. The van der Waals surface area contributed by atoms with E-state index in [4.69, 9.17) is 5.11 Å². The predicted molar refractivity (Wildman–Crippen MR) is 56.1 cm³/mol. The number of ketones is 1. The van der Waals surface area contributed by atoms with Gasteiger partial charge in [-0.1, -0.05) is 6.92 Å². The number of aliphatic carboxylic acids is 1. The number of rotatable bonds is 5. The van der Waals surface area contributed by atoms with Gasteiger partial charge in [-0.3, -0.25) is 14.3 Å². The van der Waals surface area contributed by atoms with Crippen LogP contribution in [-0.2, 0) is 11.3 Å². The van der Waals surface area contributed by atoms with E-state index in [2.05, 4.69) is 5.10 Å². The molecule has 1 aliphatic carbocycles. The van der Waals surface area contributed by atoms with Gasteiger partial charge in [0, 0.05) is 18.7 Å². The van der Waals surface area contributed by atoms with Crippen LogP contribution in [0, 0.1) is 11.8 Å². The molecule has 2 rings (SSSR count). The highest BCUT2D eigenvalue weighted by Gasteiger charge is 2.48. The Labute approximate surface area is 93.1 Å². The number of aryl methyl sites for hydroxylation is 1. The molecule has 5 heteroatoms. The third kappa shape index (κ3) is 1.98. The Kier molecular flexibility index (Phi) is 2.77. The summed E-state index contributed by atoms with van der Waals surface area (Å²) in [5.74, 6) is -1.78. The van der Waals surface area contributed by atoms with Crippen molar-refractivity contribution < 1.29 is 14.7 Å². The van der Waals surface area contributed by atoms with E-state index < -0.39 is 11.9 Å². The smallest absolute Gasteiger partial charge is 0.307 e. The summed E-state index contributed by atoms with van der Waals surface area (Å²) in [4.78, 5) is 22.5. The fourth-order valence-electron chi connectivity index (χ4n) is 1.81. The van der Waals surface area contributed by atoms with Crippen molar-refractivity contribution >= 4 is 11.8 Å². The monoisotopic (exact) mass is 222 g/mol. The summed E-state index contributed by atoms with van der Waals surface area (Å²) in [7, 11) is 0. The van der Waals surface area contributed by atoms with Gasteiger partial charge in [-0.15, -0.1) is 0 Å². The normalized spacial score (nSPS) is 23.1. The third-order valence-corrected chi connectivity index (χ3v) is 2.81. The minimum atomic E-state index is -0.876. The van der Waals surface area contributed by atoms with E-state index in [0.29, 0.717) is 12.0 Å². The highest BCUT2D eigenvalue weighted by molar-refractivity contribution is 6.02. The lowest BCUT2D eigenvalue weighted by molar-refractivity contribution is -0.138. The number of hydrogen-bond acceptors (Lipinski definition) is 3. The van der Waals surface area contributed by atoms with Gasteiger partial charge in [0.2, 0.25) is 0 Å². The van der Waals surface area contributed by atoms with E-state index in [1.165, 1.54) is 6.20 Å². The summed E-state index contributed by atoms with van der Waals surface area (Å²) in [5.41, 5.74) is 0.530. The topological polar surface area (TPSA) is 72.2 Å². The molecule has 1 fully saturated rings. The van der Waals surface area contributed by atoms with Crippen molar-refractivity contribution in [3.63, 3.8) is 0 Å². The van der Waals surface area contributed by atoms with Gasteiger partial charge in [-0.25, -0.2) is 0 Å². The van der Waals surface area contributed by atoms with Gasteiger partial charge >= 0.3 is 5.97 Å². The van der Waals surface area contributed by atoms with Gasteiger partial charge in [0.05, 0.1) is 17.7 Å². The fourth-order valence-corrected chi connectivity index (χ4v) is 1.81. The SMILES string of the molecule is CCCn1cc(C(=O)[C@@H]2C[C@@H]2C(=O)O)cn1. The van der Waals surface area contributed by atoms with Crippen molar-refractivity contribution in [3.8, 4) is 0 Å². The van der Waals surface area contributed by atoms with Crippen molar-refractivity contribution in [2.75, 3.05) is 0 Å². The molecule has 0 radical (unpaired) electrons. The molecule has 0 unspecified atom stereocenters. The van der Waals surface area contributed by atoms with Crippen LogP contribution in [0.15, 0.2) is 12.4 Å². The highest BCUT2D eigenvalue weighted by atomic mass is 16.4. The summed E-state index contributed by atoms with van der Waals surface area (Å²) in [6, 6.07) is 0. The van der Waals surface area contributed by atoms with Gasteiger partial charge in [-0.2, -0.15) is 5.10 Å². The first kappa shape index (κ1) is 10.9. The molecule has 1 aromatic rings. The van der Waals surface area contributed by atoms with E-state index in [-0.39, 0.29) is 11.7 Å². The number of carbonyl (C=O) groups excluding carboxylic acids is 1. The first-order chi connectivity index (χ1) is 7.63. The number of nitrogens with zero attached hydrogens (tertiary/aromatic N) is 2. The zero-order valence-corrected chi connectivity index (χ0v) is 9.09. The molecule has 1 N–H and O–H groups in total. The van der Waals surface area contributed by atoms with Crippen LogP contribution in [0.5, 0.6) is 0 Å². The van der Waals surface area contributed by atoms with Crippen LogP contribution in [0.2, 0.25) is 0 Å². The summed E-state index contributed by atoms with van der Waals surface area (Å²) >= 11 is 0. The van der Waals surface area contributed by atoms with Crippen LogP contribution in [0.3, 0.4) is 0 Å².